The first-order valence-electron chi connectivity index (χ1n) is 6.91. The van der Waals surface area contributed by atoms with Crippen LogP contribution in [0.3, 0.4) is 0 Å². The number of benzene rings is 1. The minimum Gasteiger partial charge on any atom is -0.392 e. The number of rotatable bonds is 7. The van der Waals surface area contributed by atoms with Crippen LogP contribution in [-0.2, 0) is 11.2 Å². The van der Waals surface area contributed by atoms with Gasteiger partial charge in [-0.15, -0.1) is 0 Å². The van der Waals surface area contributed by atoms with E-state index >= 15 is 0 Å². The molecule has 0 fully saturated rings. The number of likely N-dealkylation sites (N-methyl/N-ethyl adjacent to an activating group) is 1. The van der Waals surface area contributed by atoms with Gasteiger partial charge in [0.2, 0.25) is 0 Å². The lowest BCUT2D eigenvalue weighted by Gasteiger charge is -2.32. The number of hydrogen-bond acceptors (Lipinski definition) is 4. The zero-order valence-electron chi connectivity index (χ0n) is 12.7. The highest BCUT2D eigenvalue weighted by molar-refractivity contribution is 5.82. The number of carbonyl (C=O) groups is 1. The number of ketones is 1. The molecule has 0 saturated heterocycles. The quantitative estimate of drug-likeness (QED) is 0.785. The van der Waals surface area contributed by atoms with Gasteiger partial charge in [-0.1, -0.05) is 37.3 Å². The van der Waals surface area contributed by atoms with Gasteiger partial charge in [-0.2, -0.15) is 0 Å². The van der Waals surface area contributed by atoms with Gasteiger partial charge < -0.3 is 10.2 Å². The third-order valence-electron chi connectivity index (χ3n) is 3.73. The molecule has 0 amide bonds. The second-order valence-corrected chi connectivity index (χ2v) is 5.63. The molecule has 0 heterocycles. The first-order valence-corrected chi connectivity index (χ1v) is 6.91. The first-order chi connectivity index (χ1) is 9.34. The van der Waals surface area contributed by atoms with Gasteiger partial charge in [-0.3, -0.25) is 9.69 Å². The minimum absolute atomic E-state index is 0.0961. The summed E-state index contributed by atoms with van der Waals surface area (Å²) in [6.45, 7) is 3.24. The van der Waals surface area contributed by atoms with Crippen LogP contribution in [0.25, 0.3) is 0 Å². The molecule has 0 bridgehead atoms. The maximum Gasteiger partial charge on any atom is 0.149 e. The molecule has 4 nitrogen and oxygen atoms in total. The molecule has 1 unspecified atom stereocenters. The van der Waals surface area contributed by atoms with Crippen molar-refractivity contribution in [3.8, 4) is 0 Å². The summed E-state index contributed by atoms with van der Waals surface area (Å²) >= 11 is 0. The summed E-state index contributed by atoms with van der Waals surface area (Å²) in [5.41, 5.74) is 1.02. The molecule has 0 aliphatic heterocycles. The Labute approximate surface area is 121 Å². The number of aliphatic hydroxyl groups is 2. The van der Waals surface area contributed by atoms with Gasteiger partial charge in [-0.05, 0) is 33.0 Å². The third kappa shape index (κ3) is 4.40. The molecule has 1 rings (SSSR count). The van der Waals surface area contributed by atoms with E-state index in [9.17, 15) is 15.0 Å². The topological polar surface area (TPSA) is 60.8 Å². The number of Topliss-reactive ketones (excluding diaryl/α,β-unsaturated/α-hetero) is 1. The van der Waals surface area contributed by atoms with Crippen LogP contribution in [0.1, 0.15) is 19.4 Å². The molecule has 0 spiro atoms. The van der Waals surface area contributed by atoms with Gasteiger partial charge in [0.15, 0.2) is 0 Å². The fourth-order valence-electron chi connectivity index (χ4n) is 2.47. The molecular weight excluding hydrogens is 254 g/mol. The van der Waals surface area contributed by atoms with Crippen LogP contribution in [0.2, 0.25) is 0 Å². The summed E-state index contributed by atoms with van der Waals surface area (Å²) in [4.78, 5) is 13.3. The highest BCUT2D eigenvalue weighted by Crippen LogP contribution is 2.19. The average molecular weight is 279 g/mol. The SMILES string of the molecule is CC(=O)[C@H]([C@H](O)[C@H](C)C(O)Cc1ccccc1)N(C)C. The van der Waals surface area contributed by atoms with Gasteiger partial charge in [0, 0.05) is 5.92 Å². The van der Waals surface area contributed by atoms with Crippen molar-refractivity contribution in [2.75, 3.05) is 14.1 Å². The molecule has 1 aromatic carbocycles. The molecule has 0 aliphatic rings. The Kier molecular flexibility index (Phi) is 6.33. The van der Waals surface area contributed by atoms with Crippen molar-refractivity contribution < 1.29 is 15.0 Å². The van der Waals surface area contributed by atoms with E-state index in [1.165, 1.54) is 6.92 Å². The molecule has 0 radical (unpaired) electrons. The van der Waals surface area contributed by atoms with Crippen molar-refractivity contribution in [3.63, 3.8) is 0 Å². The van der Waals surface area contributed by atoms with Gasteiger partial charge in [0.25, 0.3) is 0 Å². The van der Waals surface area contributed by atoms with E-state index in [2.05, 4.69) is 0 Å². The Balaban J connectivity index is 2.72. The van der Waals surface area contributed by atoms with E-state index in [0.29, 0.717) is 6.42 Å². The molecule has 0 saturated carbocycles. The van der Waals surface area contributed by atoms with Crippen LogP contribution in [0.5, 0.6) is 0 Å². The van der Waals surface area contributed by atoms with Gasteiger partial charge in [-0.25, -0.2) is 0 Å². The number of aliphatic hydroxyl groups excluding tert-OH is 2. The first kappa shape index (κ1) is 16.8. The van der Waals surface area contributed by atoms with Crippen molar-refractivity contribution >= 4 is 5.78 Å². The monoisotopic (exact) mass is 279 g/mol. The van der Waals surface area contributed by atoms with Crippen LogP contribution in [0.4, 0.5) is 0 Å². The Bertz CT molecular complexity index is 419. The highest BCUT2D eigenvalue weighted by Gasteiger charge is 2.33. The minimum atomic E-state index is -0.888. The summed E-state index contributed by atoms with van der Waals surface area (Å²) in [6.07, 6.45) is -1.10. The normalized spacial score (nSPS) is 17.6. The van der Waals surface area contributed by atoms with E-state index in [1.54, 1.807) is 25.9 Å². The average Bonchev–Trinajstić information content (AvgIpc) is 2.37. The summed E-state index contributed by atoms with van der Waals surface area (Å²) in [5, 5.41) is 20.6. The van der Waals surface area contributed by atoms with Crippen molar-refractivity contribution in [3.05, 3.63) is 35.9 Å². The fourth-order valence-corrected chi connectivity index (χ4v) is 2.47. The second-order valence-electron chi connectivity index (χ2n) is 5.63. The Hall–Kier alpha value is -1.23. The fraction of sp³-hybridized carbons (Fsp3) is 0.562. The lowest BCUT2D eigenvalue weighted by molar-refractivity contribution is -0.127. The molecular formula is C16H25NO3. The molecule has 2 N–H and O–H groups in total. The molecule has 0 aliphatic carbocycles. The van der Waals surface area contributed by atoms with E-state index in [-0.39, 0.29) is 11.7 Å². The van der Waals surface area contributed by atoms with Crippen LogP contribution in [0.15, 0.2) is 30.3 Å². The summed E-state index contributed by atoms with van der Waals surface area (Å²) < 4.78 is 0. The third-order valence-corrected chi connectivity index (χ3v) is 3.73. The Morgan fingerprint density at radius 3 is 2.20 bits per heavy atom. The zero-order chi connectivity index (χ0) is 15.3. The van der Waals surface area contributed by atoms with Gasteiger partial charge in [0.05, 0.1) is 18.2 Å². The van der Waals surface area contributed by atoms with Crippen LogP contribution in [-0.4, -0.2) is 53.2 Å². The molecule has 4 heteroatoms. The van der Waals surface area contributed by atoms with E-state index in [4.69, 9.17) is 0 Å². The van der Waals surface area contributed by atoms with E-state index < -0.39 is 18.2 Å². The summed E-state index contributed by atoms with van der Waals surface area (Å²) in [6, 6.07) is 9.05. The summed E-state index contributed by atoms with van der Waals surface area (Å²) in [5.74, 6) is -0.479. The Morgan fingerprint density at radius 1 is 1.20 bits per heavy atom. The van der Waals surface area contributed by atoms with Crippen LogP contribution in [0, 0.1) is 5.92 Å². The molecule has 1 aromatic rings. The predicted molar refractivity (Wildman–Crippen MR) is 79.5 cm³/mol. The Morgan fingerprint density at radius 2 is 1.75 bits per heavy atom. The van der Waals surface area contributed by atoms with Crippen molar-refractivity contribution in [1.29, 1.82) is 0 Å². The van der Waals surface area contributed by atoms with Crippen molar-refractivity contribution in [2.45, 2.75) is 38.5 Å². The lowest BCUT2D eigenvalue weighted by atomic mass is 9.87. The van der Waals surface area contributed by atoms with Crippen molar-refractivity contribution in [2.24, 2.45) is 5.92 Å². The number of carbonyl (C=O) groups excluding carboxylic acids is 1. The molecule has 4 atom stereocenters. The van der Waals surface area contributed by atoms with Crippen molar-refractivity contribution in [1.82, 2.24) is 4.90 Å². The van der Waals surface area contributed by atoms with Gasteiger partial charge in [0.1, 0.15) is 5.78 Å². The number of nitrogens with zero attached hydrogens (tertiary/aromatic N) is 1. The van der Waals surface area contributed by atoms with Gasteiger partial charge >= 0.3 is 0 Å². The second kappa shape index (κ2) is 7.53. The number of hydrogen-bond donors (Lipinski definition) is 2. The van der Waals surface area contributed by atoms with Crippen LogP contribution >= 0.6 is 0 Å². The largest absolute Gasteiger partial charge is 0.392 e. The highest BCUT2D eigenvalue weighted by atomic mass is 16.3. The maximum absolute atomic E-state index is 11.6. The van der Waals surface area contributed by atoms with Crippen LogP contribution < -0.4 is 0 Å². The summed E-state index contributed by atoms with van der Waals surface area (Å²) in [7, 11) is 3.51. The van der Waals surface area contributed by atoms with E-state index in [1.807, 2.05) is 30.3 Å². The standard InChI is InChI=1S/C16H25NO3/c1-11(16(20)15(12(2)18)17(3)4)14(19)10-13-8-6-5-7-9-13/h5-9,11,14-16,19-20H,10H2,1-4H3/t11-,14?,15-,16-/m1/s1. The maximum atomic E-state index is 11.6. The van der Waals surface area contributed by atoms with E-state index in [0.717, 1.165) is 5.56 Å². The molecule has 112 valence electrons. The zero-order valence-corrected chi connectivity index (χ0v) is 12.7. The molecule has 20 heavy (non-hydrogen) atoms. The predicted octanol–water partition coefficient (Wildman–Crippen LogP) is 1.11. The lowest BCUT2D eigenvalue weighted by Crippen LogP contribution is -2.49. The molecule has 0 aromatic heterocycles. The smallest absolute Gasteiger partial charge is 0.149 e.